The van der Waals surface area contributed by atoms with Crippen molar-refractivity contribution in [3.05, 3.63) is 18.0 Å². The molecule has 1 aromatic rings. The molecule has 0 atom stereocenters. The molecular formula is C15H27N3. The van der Waals surface area contributed by atoms with E-state index in [0.29, 0.717) is 0 Å². The SMILES string of the molecule is CCCCCCCCn1cc(CNC2CC2)cn1. The van der Waals surface area contributed by atoms with Crippen LogP contribution in [0.4, 0.5) is 0 Å². The van der Waals surface area contributed by atoms with Crippen LogP contribution in [0.15, 0.2) is 12.4 Å². The molecule has 1 saturated carbocycles. The Morgan fingerprint density at radius 2 is 2.00 bits per heavy atom. The lowest BCUT2D eigenvalue weighted by Gasteiger charge is -2.02. The summed E-state index contributed by atoms with van der Waals surface area (Å²) in [6, 6.07) is 0.784. The van der Waals surface area contributed by atoms with E-state index in [0.717, 1.165) is 19.1 Å². The topological polar surface area (TPSA) is 29.9 Å². The Balaban J connectivity index is 1.54. The summed E-state index contributed by atoms with van der Waals surface area (Å²) in [7, 11) is 0. The molecule has 1 aliphatic rings. The predicted molar refractivity (Wildman–Crippen MR) is 75.5 cm³/mol. The highest BCUT2D eigenvalue weighted by molar-refractivity contribution is 5.04. The van der Waals surface area contributed by atoms with Crippen LogP contribution in [0.25, 0.3) is 0 Å². The molecule has 1 N–H and O–H groups in total. The van der Waals surface area contributed by atoms with E-state index in [-0.39, 0.29) is 0 Å². The van der Waals surface area contributed by atoms with Crippen LogP contribution in [0, 0.1) is 0 Å². The monoisotopic (exact) mass is 249 g/mol. The molecule has 0 unspecified atom stereocenters. The second-order valence-corrected chi connectivity index (χ2v) is 5.53. The maximum Gasteiger partial charge on any atom is 0.0534 e. The lowest BCUT2D eigenvalue weighted by atomic mass is 10.1. The number of unbranched alkanes of at least 4 members (excludes halogenated alkanes) is 5. The number of hydrogen-bond donors (Lipinski definition) is 1. The van der Waals surface area contributed by atoms with Gasteiger partial charge in [-0.25, -0.2) is 0 Å². The molecule has 0 spiro atoms. The third-order valence-corrected chi connectivity index (χ3v) is 3.60. The van der Waals surface area contributed by atoms with Gasteiger partial charge in [0, 0.05) is 30.9 Å². The van der Waals surface area contributed by atoms with Crippen LogP contribution in [0.3, 0.4) is 0 Å². The molecule has 0 aliphatic heterocycles. The minimum atomic E-state index is 0.784. The molecule has 18 heavy (non-hydrogen) atoms. The van der Waals surface area contributed by atoms with Crippen molar-refractivity contribution in [2.45, 2.75) is 77.4 Å². The molecule has 3 heteroatoms. The van der Waals surface area contributed by atoms with E-state index in [1.54, 1.807) is 0 Å². The standard InChI is InChI=1S/C15H27N3/c1-2-3-4-5-6-7-10-18-13-14(12-17-18)11-16-15-8-9-15/h12-13,15-16H,2-11H2,1H3. The van der Waals surface area contributed by atoms with Gasteiger partial charge in [0.25, 0.3) is 0 Å². The minimum absolute atomic E-state index is 0.784. The molecule has 0 radical (unpaired) electrons. The maximum absolute atomic E-state index is 4.43. The summed E-state index contributed by atoms with van der Waals surface area (Å²) in [6.45, 7) is 4.33. The molecule has 0 aromatic carbocycles. The highest BCUT2D eigenvalue weighted by atomic mass is 15.3. The van der Waals surface area contributed by atoms with Gasteiger partial charge in [0.1, 0.15) is 0 Å². The normalized spacial score (nSPS) is 15.2. The average Bonchev–Trinajstić information content (AvgIpc) is 3.11. The maximum atomic E-state index is 4.43. The van der Waals surface area contributed by atoms with E-state index < -0.39 is 0 Å². The number of aromatic nitrogens is 2. The summed E-state index contributed by atoms with van der Waals surface area (Å²) in [5.41, 5.74) is 1.33. The highest BCUT2D eigenvalue weighted by Crippen LogP contribution is 2.19. The van der Waals surface area contributed by atoms with Crippen molar-refractivity contribution < 1.29 is 0 Å². The number of nitrogens with one attached hydrogen (secondary N) is 1. The van der Waals surface area contributed by atoms with Gasteiger partial charge in [-0.15, -0.1) is 0 Å². The third-order valence-electron chi connectivity index (χ3n) is 3.60. The molecule has 0 amide bonds. The summed E-state index contributed by atoms with van der Waals surface area (Å²) < 4.78 is 2.10. The summed E-state index contributed by atoms with van der Waals surface area (Å²) >= 11 is 0. The fourth-order valence-corrected chi connectivity index (χ4v) is 2.22. The Morgan fingerprint density at radius 1 is 1.22 bits per heavy atom. The fraction of sp³-hybridized carbons (Fsp3) is 0.800. The minimum Gasteiger partial charge on any atom is -0.310 e. The number of aryl methyl sites for hydroxylation is 1. The van der Waals surface area contributed by atoms with Crippen molar-refractivity contribution in [3.63, 3.8) is 0 Å². The molecule has 3 nitrogen and oxygen atoms in total. The summed E-state index contributed by atoms with van der Waals surface area (Å²) in [4.78, 5) is 0. The van der Waals surface area contributed by atoms with Gasteiger partial charge in [-0.05, 0) is 19.3 Å². The molecule has 1 heterocycles. The Morgan fingerprint density at radius 3 is 2.78 bits per heavy atom. The van der Waals surface area contributed by atoms with Crippen LogP contribution < -0.4 is 5.32 Å². The molecule has 2 rings (SSSR count). The van der Waals surface area contributed by atoms with Gasteiger partial charge in [-0.2, -0.15) is 5.10 Å². The summed E-state index contributed by atoms with van der Waals surface area (Å²) in [5, 5.41) is 7.95. The molecule has 0 bridgehead atoms. The van der Waals surface area contributed by atoms with Crippen LogP contribution in [0.1, 0.15) is 63.9 Å². The Labute approximate surface area is 111 Å². The molecule has 0 saturated heterocycles. The van der Waals surface area contributed by atoms with Crippen LogP contribution in [-0.2, 0) is 13.1 Å². The number of nitrogens with zero attached hydrogens (tertiary/aromatic N) is 2. The molecule has 1 fully saturated rings. The Hall–Kier alpha value is -0.830. The van der Waals surface area contributed by atoms with E-state index in [4.69, 9.17) is 0 Å². The van der Waals surface area contributed by atoms with Gasteiger partial charge >= 0.3 is 0 Å². The van der Waals surface area contributed by atoms with Gasteiger partial charge in [-0.1, -0.05) is 39.0 Å². The van der Waals surface area contributed by atoms with Crippen LogP contribution in [-0.4, -0.2) is 15.8 Å². The highest BCUT2D eigenvalue weighted by Gasteiger charge is 2.20. The first-order valence-corrected chi connectivity index (χ1v) is 7.63. The van der Waals surface area contributed by atoms with Gasteiger partial charge in [0.2, 0.25) is 0 Å². The summed E-state index contributed by atoms with van der Waals surface area (Å²) in [6.07, 6.45) is 15.0. The van der Waals surface area contributed by atoms with Crippen LogP contribution in [0.2, 0.25) is 0 Å². The molecule has 1 aliphatic carbocycles. The Bertz CT molecular complexity index is 328. The summed E-state index contributed by atoms with van der Waals surface area (Å²) in [5.74, 6) is 0. The van der Waals surface area contributed by atoms with Crippen molar-refractivity contribution in [2.24, 2.45) is 0 Å². The zero-order chi connectivity index (χ0) is 12.6. The first-order chi connectivity index (χ1) is 8.88. The first-order valence-electron chi connectivity index (χ1n) is 7.63. The van der Waals surface area contributed by atoms with Crippen molar-refractivity contribution >= 4 is 0 Å². The zero-order valence-corrected chi connectivity index (χ0v) is 11.7. The van der Waals surface area contributed by atoms with Gasteiger partial charge in [0.15, 0.2) is 0 Å². The van der Waals surface area contributed by atoms with E-state index in [1.165, 1.54) is 56.9 Å². The Kier molecular flexibility index (Phi) is 5.72. The third kappa shape index (κ3) is 5.21. The smallest absolute Gasteiger partial charge is 0.0534 e. The number of rotatable bonds is 10. The second kappa shape index (κ2) is 7.57. The van der Waals surface area contributed by atoms with Gasteiger partial charge < -0.3 is 5.32 Å². The van der Waals surface area contributed by atoms with Crippen molar-refractivity contribution in [3.8, 4) is 0 Å². The molecular weight excluding hydrogens is 222 g/mol. The molecule has 1 aromatic heterocycles. The van der Waals surface area contributed by atoms with Crippen molar-refractivity contribution in [1.29, 1.82) is 0 Å². The van der Waals surface area contributed by atoms with E-state index in [9.17, 15) is 0 Å². The van der Waals surface area contributed by atoms with Crippen molar-refractivity contribution in [2.75, 3.05) is 0 Å². The molecule has 102 valence electrons. The first kappa shape index (κ1) is 13.6. The average molecular weight is 249 g/mol. The van der Waals surface area contributed by atoms with Crippen molar-refractivity contribution in [1.82, 2.24) is 15.1 Å². The van der Waals surface area contributed by atoms with E-state index in [2.05, 4.69) is 28.2 Å². The van der Waals surface area contributed by atoms with E-state index in [1.807, 2.05) is 6.20 Å². The lowest BCUT2D eigenvalue weighted by molar-refractivity contribution is 0.527. The fourth-order valence-electron chi connectivity index (χ4n) is 2.22. The zero-order valence-electron chi connectivity index (χ0n) is 11.7. The predicted octanol–water partition coefficient (Wildman–Crippen LogP) is 3.50. The largest absolute Gasteiger partial charge is 0.310 e. The van der Waals surface area contributed by atoms with E-state index >= 15 is 0 Å². The quantitative estimate of drug-likeness (QED) is 0.643. The van der Waals surface area contributed by atoms with Gasteiger partial charge in [0.05, 0.1) is 6.20 Å². The van der Waals surface area contributed by atoms with Gasteiger partial charge in [-0.3, -0.25) is 4.68 Å². The number of hydrogen-bond acceptors (Lipinski definition) is 2. The second-order valence-electron chi connectivity index (χ2n) is 5.53. The van der Waals surface area contributed by atoms with Crippen LogP contribution >= 0.6 is 0 Å². The van der Waals surface area contributed by atoms with Crippen LogP contribution in [0.5, 0.6) is 0 Å². The lowest BCUT2D eigenvalue weighted by Crippen LogP contribution is -2.14.